The predicted molar refractivity (Wildman–Crippen MR) is 95.5 cm³/mol. The van der Waals surface area contributed by atoms with Crippen molar-refractivity contribution in [1.29, 1.82) is 0 Å². The number of aliphatic carboxylic acids is 1. The molecule has 1 aliphatic rings. The molecule has 4 nitrogen and oxygen atoms in total. The smallest absolute Gasteiger partial charge is 0.329 e. The number of aromatic nitrogens is 1. The quantitative estimate of drug-likeness (QED) is 0.727. The number of pyridine rings is 1. The van der Waals surface area contributed by atoms with Gasteiger partial charge in [-0.25, -0.2) is 9.78 Å². The fraction of sp³-hybridized carbons (Fsp3) is 0.368. The summed E-state index contributed by atoms with van der Waals surface area (Å²) in [6.07, 6.45) is 5.35. The van der Waals surface area contributed by atoms with Crippen molar-refractivity contribution in [2.24, 2.45) is 0 Å². The topological polar surface area (TPSA) is 59.4 Å². The van der Waals surface area contributed by atoms with E-state index in [0.717, 1.165) is 16.2 Å². The van der Waals surface area contributed by atoms with Crippen molar-refractivity contribution in [2.45, 2.75) is 35.5 Å². The van der Waals surface area contributed by atoms with Crippen molar-refractivity contribution in [3.8, 4) is 11.1 Å². The van der Waals surface area contributed by atoms with Gasteiger partial charge in [0.2, 0.25) is 0 Å². The number of halogens is 2. The molecule has 0 bridgehead atoms. The molecule has 138 valence electrons. The van der Waals surface area contributed by atoms with Crippen LogP contribution in [0.3, 0.4) is 0 Å². The van der Waals surface area contributed by atoms with Crippen molar-refractivity contribution in [1.82, 2.24) is 4.98 Å². The lowest BCUT2D eigenvalue weighted by molar-refractivity contribution is -0.147. The molecule has 1 N–H and O–H groups in total. The first kappa shape index (κ1) is 18.8. The van der Waals surface area contributed by atoms with Crippen molar-refractivity contribution >= 4 is 17.7 Å². The van der Waals surface area contributed by atoms with E-state index >= 15 is 0 Å². The Balaban J connectivity index is 1.74. The van der Waals surface area contributed by atoms with Gasteiger partial charge in [-0.3, -0.25) is 0 Å². The second-order valence-corrected chi connectivity index (χ2v) is 7.48. The summed E-state index contributed by atoms with van der Waals surface area (Å²) in [7, 11) is 0. The predicted octanol–water partition coefficient (Wildman–Crippen LogP) is 4.59. The highest BCUT2D eigenvalue weighted by atomic mass is 32.2. The molecule has 1 fully saturated rings. The van der Waals surface area contributed by atoms with Gasteiger partial charge in [0.15, 0.2) is 0 Å². The first-order valence-corrected chi connectivity index (χ1v) is 9.23. The molecule has 26 heavy (non-hydrogen) atoms. The molecule has 0 atom stereocenters. The lowest BCUT2D eigenvalue weighted by atomic mass is 10.00. The minimum atomic E-state index is -3.24. The largest absolute Gasteiger partial charge is 0.480 e. The third-order valence-electron chi connectivity index (χ3n) is 4.23. The second-order valence-electron chi connectivity index (χ2n) is 6.20. The standard InChI is InChI=1S/C19H19F2NO3S/c20-19(21,12-25-11-17(23)24)14-8-6-13(7-9-14)16-5-2-10-22-18(16)26-15-3-1-4-15/h2,5-10,15H,1,3-4,11-12H2,(H,23,24). The van der Waals surface area contributed by atoms with Gasteiger partial charge in [0.1, 0.15) is 18.2 Å². The normalized spacial score (nSPS) is 14.8. The molecular weight excluding hydrogens is 360 g/mol. The van der Waals surface area contributed by atoms with Gasteiger partial charge in [-0.2, -0.15) is 8.78 Å². The Bertz CT molecular complexity index is 764. The third-order valence-corrected chi connectivity index (χ3v) is 5.58. The zero-order valence-corrected chi connectivity index (χ0v) is 14.8. The van der Waals surface area contributed by atoms with Gasteiger partial charge in [0.05, 0.1) is 0 Å². The maximum absolute atomic E-state index is 14.1. The molecule has 1 aromatic carbocycles. The van der Waals surface area contributed by atoms with E-state index in [2.05, 4.69) is 9.72 Å². The number of carboxylic acids is 1. The van der Waals surface area contributed by atoms with Gasteiger partial charge in [-0.05, 0) is 24.5 Å². The van der Waals surface area contributed by atoms with E-state index in [0.29, 0.717) is 5.25 Å². The number of rotatable bonds is 8. The summed E-state index contributed by atoms with van der Waals surface area (Å²) in [6.45, 7) is -1.71. The van der Waals surface area contributed by atoms with Crippen LogP contribution in [0.25, 0.3) is 11.1 Å². The maximum atomic E-state index is 14.1. The minimum Gasteiger partial charge on any atom is -0.480 e. The molecule has 3 rings (SSSR count). The van der Waals surface area contributed by atoms with E-state index in [1.165, 1.54) is 31.4 Å². The molecule has 0 aliphatic heterocycles. The zero-order valence-electron chi connectivity index (χ0n) is 14.0. The molecule has 1 saturated carbocycles. The van der Waals surface area contributed by atoms with E-state index in [-0.39, 0.29) is 5.56 Å². The van der Waals surface area contributed by atoms with Crippen LogP contribution in [0.15, 0.2) is 47.6 Å². The van der Waals surface area contributed by atoms with Crippen LogP contribution in [-0.4, -0.2) is 34.5 Å². The summed E-state index contributed by atoms with van der Waals surface area (Å²) in [5.41, 5.74) is 1.55. The third kappa shape index (κ3) is 4.59. The molecule has 7 heteroatoms. The number of hydrogen-bond donors (Lipinski definition) is 1. The van der Waals surface area contributed by atoms with Crippen LogP contribution in [0, 0.1) is 0 Å². The maximum Gasteiger partial charge on any atom is 0.329 e. The Morgan fingerprint density at radius 2 is 2.00 bits per heavy atom. The van der Waals surface area contributed by atoms with Crippen LogP contribution in [0.1, 0.15) is 24.8 Å². The highest BCUT2D eigenvalue weighted by Crippen LogP contribution is 2.40. The lowest BCUT2D eigenvalue weighted by Gasteiger charge is -2.25. The fourth-order valence-electron chi connectivity index (χ4n) is 2.59. The number of carboxylic acid groups (broad SMARTS) is 1. The van der Waals surface area contributed by atoms with E-state index in [9.17, 15) is 13.6 Å². The molecule has 1 aliphatic carbocycles. The van der Waals surface area contributed by atoms with Gasteiger partial charge in [0.25, 0.3) is 5.92 Å². The molecule has 0 unspecified atom stereocenters. The fourth-order valence-corrected chi connectivity index (χ4v) is 3.91. The second kappa shape index (κ2) is 8.14. The van der Waals surface area contributed by atoms with Gasteiger partial charge >= 0.3 is 5.97 Å². The number of nitrogens with zero attached hydrogens (tertiary/aromatic N) is 1. The molecule has 2 aromatic rings. The number of ether oxygens (including phenoxy) is 1. The number of benzene rings is 1. The monoisotopic (exact) mass is 379 g/mol. The van der Waals surface area contributed by atoms with E-state index in [4.69, 9.17) is 5.11 Å². The zero-order chi connectivity index (χ0) is 18.6. The van der Waals surface area contributed by atoms with Gasteiger partial charge in [0, 0.05) is 22.6 Å². The average molecular weight is 379 g/mol. The molecule has 1 heterocycles. The first-order valence-electron chi connectivity index (χ1n) is 8.35. The average Bonchev–Trinajstić information content (AvgIpc) is 2.58. The van der Waals surface area contributed by atoms with Crippen LogP contribution in [0.5, 0.6) is 0 Å². The molecule has 0 amide bonds. The Morgan fingerprint density at radius 1 is 1.27 bits per heavy atom. The van der Waals surface area contributed by atoms with E-state index < -0.39 is 25.1 Å². The highest BCUT2D eigenvalue weighted by Gasteiger charge is 2.32. The Morgan fingerprint density at radius 3 is 2.62 bits per heavy atom. The van der Waals surface area contributed by atoms with Crippen LogP contribution < -0.4 is 0 Å². The molecule has 0 saturated heterocycles. The minimum absolute atomic E-state index is 0.205. The van der Waals surface area contributed by atoms with Crippen molar-refractivity contribution in [3.05, 3.63) is 48.2 Å². The van der Waals surface area contributed by atoms with Crippen molar-refractivity contribution < 1.29 is 23.4 Å². The van der Waals surface area contributed by atoms with Crippen LogP contribution in [-0.2, 0) is 15.5 Å². The Labute approximate surface area is 154 Å². The van der Waals surface area contributed by atoms with Gasteiger partial charge in [-0.15, -0.1) is 11.8 Å². The van der Waals surface area contributed by atoms with E-state index in [1.807, 2.05) is 12.1 Å². The lowest BCUT2D eigenvalue weighted by Crippen LogP contribution is -2.23. The summed E-state index contributed by atoms with van der Waals surface area (Å²) >= 11 is 1.74. The summed E-state index contributed by atoms with van der Waals surface area (Å²) in [5, 5.41) is 9.98. The first-order chi connectivity index (χ1) is 12.5. The van der Waals surface area contributed by atoms with E-state index in [1.54, 1.807) is 30.1 Å². The Hall–Kier alpha value is -1.99. The van der Waals surface area contributed by atoms with Crippen LogP contribution >= 0.6 is 11.8 Å². The van der Waals surface area contributed by atoms with Gasteiger partial charge in [-0.1, -0.05) is 36.8 Å². The molecule has 0 radical (unpaired) electrons. The van der Waals surface area contributed by atoms with Gasteiger partial charge < -0.3 is 9.84 Å². The number of hydrogen-bond acceptors (Lipinski definition) is 4. The number of alkyl halides is 2. The molecular formula is C19H19F2NO3S. The summed E-state index contributed by atoms with van der Waals surface area (Å²) < 4.78 is 32.8. The molecule has 0 spiro atoms. The van der Waals surface area contributed by atoms with Crippen molar-refractivity contribution in [2.75, 3.05) is 13.2 Å². The van der Waals surface area contributed by atoms with Crippen LogP contribution in [0.4, 0.5) is 8.78 Å². The summed E-state index contributed by atoms with van der Waals surface area (Å²) in [5.74, 6) is -4.52. The summed E-state index contributed by atoms with van der Waals surface area (Å²) in [4.78, 5) is 14.8. The molecule has 1 aromatic heterocycles. The number of thioether (sulfide) groups is 1. The summed E-state index contributed by atoms with van der Waals surface area (Å²) in [6, 6.07) is 9.76. The van der Waals surface area contributed by atoms with Crippen LogP contribution in [0.2, 0.25) is 0 Å². The highest BCUT2D eigenvalue weighted by molar-refractivity contribution is 8.00. The Kier molecular flexibility index (Phi) is 5.88. The van der Waals surface area contributed by atoms with Crippen molar-refractivity contribution in [3.63, 3.8) is 0 Å². The SMILES string of the molecule is O=C(O)COCC(F)(F)c1ccc(-c2cccnc2SC2CCC2)cc1. The number of carbonyl (C=O) groups is 1.